The zero-order valence-electron chi connectivity index (χ0n) is 75.1. The second-order valence-electron chi connectivity index (χ2n) is 33.6. The van der Waals surface area contributed by atoms with E-state index in [9.17, 15) is 63.6 Å². The average Bonchev–Trinajstić information content (AvgIpc) is 1.74. The van der Waals surface area contributed by atoms with Crippen LogP contribution in [-0.4, -0.2) is 245 Å². The summed E-state index contributed by atoms with van der Waals surface area (Å²) in [5.41, 5.74) is 19.8. The van der Waals surface area contributed by atoms with E-state index in [2.05, 4.69) is 94.7 Å². The van der Waals surface area contributed by atoms with Crippen LogP contribution in [0.25, 0.3) is 21.9 Å². The molecule has 15 atom stereocenters. The fourth-order valence-electron chi connectivity index (χ4n) is 14.5. The molecule has 0 radical (unpaired) electrons. The first kappa shape index (κ1) is 105. The molecule has 45 heteroatoms. The maximum Gasteiger partial charge on any atom is 0.303 e. The Balaban J connectivity index is 1.20. The number of fused-ring (bicyclic) bond motifs is 4. The van der Waals surface area contributed by atoms with Gasteiger partial charge in [0.05, 0.1) is 12.2 Å². The number of phenolic OH excluding ortho intramolecular Hbond substituents is 1. The number of halogens is 1. The van der Waals surface area contributed by atoms with Crippen LogP contribution in [-0.2, 0) is 109 Å². The number of carbonyl (C=O) groups excluding carboxylic acids is 14. The average molecular weight is 1900 g/mol. The van der Waals surface area contributed by atoms with Crippen LogP contribution in [0.3, 0.4) is 0 Å². The Morgan fingerprint density at radius 1 is 0.552 bits per heavy atom. The SMILES string of the molecule is CCC[C@@H]1NC(=O)[C@H](Cc2c[nH]c3ncccc23)NC(=O)[C@H]([C@@H](C)O)NC(=O)[C@H](CNC(=N)N)NC(=O)[C@H](Cc2c[nH]c3ccc(F)cc23)NC(=O)C(C(C)(C)C)NC(=O)[C@@H](NC(=O)C(Cc2ccc(NC(=N)N)cc2)NC(C)=O)CSCc2cccc(c2)CSC[C@@H](C(N)=O)NC(=O)[C@H]([C@@H](C)O)NC(=O)[C@H](CCC)NC(=O)[C@H](Cc2ccc(O)cc2)NC(=O)[C@H](CCC(=O)O)NC1=O. The van der Waals surface area contributed by atoms with Crippen LogP contribution in [0.15, 0.2) is 122 Å². The van der Waals surface area contributed by atoms with Crippen LogP contribution >= 0.6 is 23.5 Å². The van der Waals surface area contributed by atoms with E-state index in [0.717, 1.165) is 36.5 Å². The predicted molar refractivity (Wildman–Crippen MR) is 497 cm³/mol. The van der Waals surface area contributed by atoms with Gasteiger partial charge in [-0.3, -0.25) is 82.7 Å². The largest absolute Gasteiger partial charge is 0.508 e. The molecule has 0 aliphatic carbocycles. The summed E-state index contributed by atoms with van der Waals surface area (Å²) < 4.78 is 15.2. The summed E-state index contributed by atoms with van der Waals surface area (Å²) in [5.74, 6) is -18.1. The van der Waals surface area contributed by atoms with Gasteiger partial charge in [-0.2, -0.15) is 23.5 Å². The molecule has 2 bridgehead atoms. The van der Waals surface area contributed by atoms with E-state index in [1.807, 2.05) is 0 Å². The Hall–Kier alpha value is -14.0. The van der Waals surface area contributed by atoms with Gasteiger partial charge in [-0.05, 0) is 127 Å². The summed E-state index contributed by atoms with van der Waals surface area (Å²) >= 11 is 2.30. The number of aromatic amines is 2. The third-order valence-electron chi connectivity index (χ3n) is 21.5. The lowest BCUT2D eigenvalue weighted by molar-refractivity contribution is -0.139. The van der Waals surface area contributed by atoms with Crippen molar-refractivity contribution < 1.29 is 96.7 Å². The summed E-state index contributed by atoms with van der Waals surface area (Å²) in [5, 5.41) is 98.0. The third kappa shape index (κ3) is 32.2. The number of amides is 14. The highest BCUT2D eigenvalue weighted by molar-refractivity contribution is 7.98. The number of nitrogens with zero attached hydrogens (tertiary/aromatic N) is 1. The van der Waals surface area contributed by atoms with Crippen molar-refractivity contribution in [2.45, 2.75) is 222 Å². The molecule has 0 saturated heterocycles. The highest BCUT2D eigenvalue weighted by atomic mass is 32.2. The molecular formula is C89H118FN23O19S2. The number of carbonyl (C=O) groups is 15. The number of H-pyrrole nitrogens is 2. The molecule has 8 rings (SSSR count). The van der Waals surface area contributed by atoms with Crippen molar-refractivity contribution in [3.63, 3.8) is 0 Å². The lowest BCUT2D eigenvalue weighted by Crippen LogP contribution is -2.64. The number of pyridine rings is 1. The number of hydrogen-bond donors (Lipinski definition) is 26. The number of nitrogens with one attached hydrogen (secondary N) is 19. The van der Waals surface area contributed by atoms with Crippen molar-refractivity contribution in [2.24, 2.45) is 22.6 Å². The van der Waals surface area contributed by atoms with Gasteiger partial charge in [0.2, 0.25) is 82.7 Å². The standard InChI is InChI=1S/C89H118FN23O19S2/c1-9-13-59-75(121)104-61(28-29-69(118)119)76(122)105-63(33-48-20-25-55(117)26-21-48)79(125)103-60(14-10-2)77(123)111-71(45(4)115)85(131)109-67(73(91)120)42-133-40-49-15-11-16-50(31-49)41-134-43-68(110-78(124)62(100-46(5)116)32-47-18-23-54(24-19-47)101-88(94)95)83(129)113-72(89(6,7)8)86(132)107-65(35-52-37-97-58-27-22-53(90)36-57(52)58)81(127)108-66(39-99-87(92)93)82(128)112-70(44(3)114)84(130)106-64(80(126)102-59)34-51-38-98-74-56(51)17-12-30-96-74/h11-12,15-27,30-31,36-38,44-45,59-68,70-72,97,114-115,117H,9-10,13-14,28-29,32-35,39-43H2,1-8H3,(H2,91,120)(H,96,98)(H,100,116)(H,102,126)(H,103,125)(H,104,121)(H,105,122)(H,106,130)(H,107,132)(H,108,127)(H,109,131)(H,110,124)(H,111,123)(H,112,128)(H,113,129)(H,118,119)(H4,92,93,99)(H4,94,95,101)/t44-,45-,59+,60+,61+,62?,63+,64+,65+,66+,67+,68+,70+,71+,72?/m1/s1. The topological polar surface area (TPSA) is 688 Å². The van der Waals surface area contributed by atoms with E-state index in [4.69, 9.17) is 28.0 Å². The first-order valence-corrected chi connectivity index (χ1v) is 45.5. The van der Waals surface area contributed by atoms with Gasteiger partial charge < -0.3 is 127 Å². The number of hydrogen-bond acceptors (Lipinski definition) is 23. The van der Waals surface area contributed by atoms with Gasteiger partial charge in [0.1, 0.15) is 95.8 Å². The predicted octanol–water partition coefficient (Wildman–Crippen LogP) is -0.792. The van der Waals surface area contributed by atoms with Crippen molar-refractivity contribution in [3.05, 3.63) is 161 Å². The second-order valence-corrected chi connectivity index (χ2v) is 35.6. The van der Waals surface area contributed by atoms with Crippen LogP contribution in [0.5, 0.6) is 5.75 Å². The Kier molecular flexibility index (Phi) is 39.4. The van der Waals surface area contributed by atoms with Crippen molar-refractivity contribution in [1.82, 2.24) is 89.4 Å². The van der Waals surface area contributed by atoms with Gasteiger partial charge in [-0.15, -0.1) is 0 Å². The zero-order valence-corrected chi connectivity index (χ0v) is 76.7. The number of rotatable bonds is 24. The van der Waals surface area contributed by atoms with E-state index in [1.165, 1.54) is 68.8 Å². The van der Waals surface area contributed by atoms with E-state index in [0.29, 0.717) is 50.1 Å². The summed E-state index contributed by atoms with van der Waals surface area (Å²) in [6, 6.07) is 3.83. The molecule has 14 amide bonds. The van der Waals surface area contributed by atoms with E-state index in [1.54, 1.807) is 95.3 Å². The molecule has 4 aromatic carbocycles. The number of nitrogens with two attached hydrogens (primary N) is 3. The molecule has 4 heterocycles. The monoisotopic (exact) mass is 1900 g/mol. The number of guanidine groups is 2. The molecule has 7 aromatic rings. The van der Waals surface area contributed by atoms with Gasteiger partial charge in [-0.25, -0.2) is 9.37 Å². The van der Waals surface area contributed by atoms with Crippen LogP contribution < -0.4 is 97.0 Å². The minimum absolute atomic E-state index is 0.128. The first-order chi connectivity index (χ1) is 63.5. The minimum atomic E-state index is -2.06. The van der Waals surface area contributed by atoms with Crippen LogP contribution in [0, 0.1) is 22.1 Å². The zero-order chi connectivity index (χ0) is 98.4. The minimum Gasteiger partial charge on any atom is -0.508 e. The maximum atomic E-state index is 15.4. The number of aromatic hydroxyl groups is 1. The number of aliphatic hydroxyl groups excluding tert-OH is 2. The number of anilines is 1. The van der Waals surface area contributed by atoms with Gasteiger partial charge in [0.25, 0.3) is 0 Å². The summed E-state index contributed by atoms with van der Waals surface area (Å²) in [4.78, 5) is 228. The van der Waals surface area contributed by atoms with Crippen LogP contribution in [0.4, 0.5) is 10.1 Å². The summed E-state index contributed by atoms with van der Waals surface area (Å²) in [6.45, 7) is 10.7. The molecule has 1 aliphatic heterocycles. The number of aliphatic hydroxyl groups is 2. The molecular weight excluding hydrogens is 1780 g/mol. The van der Waals surface area contributed by atoms with E-state index < -0.39 is 229 Å². The molecule has 29 N–H and O–H groups in total. The lowest BCUT2D eigenvalue weighted by atomic mass is 9.85. The van der Waals surface area contributed by atoms with Gasteiger partial charge in [0, 0.05) is 109 Å². The first-order valence-electron chi connectivity index (χ1n) is 43.2. The Labute approximate surface area is 779 Å². The normalized spacial score (nSPS) is 22.3. The number of aromatic nitrogens is 3. The molecule has 722 valence electrons. The fraction of sp³-hybridized carbons (Fsp3) is 0.438. The van der Waals surface area contributed by atoms with Crippen molar-refractivity contribution in [3.8, 4) is 5.75 Å². The molecule has 0 spiro atoms. The number of primary amides is 1. The quantitative estimate of drug-likeness (QED) is 0.0260. The van der Waals surface area contributed by atoms with Crippen molar-refractivity contribution >= 4 is 152 Å². The van der Waals surface area contributed by atoms with E-state index >= 15 is 33.2 Å². The Morgan fingerprint density at radius 2 is 1.05 bits per heavy atom. The smallest absolute Gasteiger partial charge is 0.303 e. The highest BCUT2D eigenvalue weighted by Crippen LogP contribution is 2.27. The second kappa shape index (κ2) is 50.1. The number of carboxylic acids is 1. The maximum absolute atomic E-state index is 15.4. The molecule has 42 nitrogen and oxygen atoms in total. The number of carboxylic acid groups (broad SMARTS) is 1. The van der Waals surface area contributed by atoms with Crippen molar-refractivity contribution in [2.75, 3.05) is 23.4 Å². The lowest BCUT2D eigenvalue weighted by Gasteiger charge is -2.33. The fourth-order valence-corrected chi connectivity index (χ4v) is 16.5. The van der Waals surface area contributed by atoms with Gasteiger partial charge in [-0.1, -0.05) is 96.0 Å². The molecule has 0 saturated carbocycles. The number of phenols is 1. The molecule has 1 aliphatic rings. The Morgan fingerprint density at radius 3 is 1.60 bits per heavy atom. The summed E-state index contributed by atoms with van der Waals surface area (Å²) in [7, 11) is 0. The Bertz CT molecular complexity index is 5380. The highest BCUT2D eigenvalue weighted by Gasteiger charge is 2.42. The molecule has 2 unspecified atom stereocenters. The molecule has 3 aromatic heterocycles. The molecule has 0 fully saturated rings. The van der Waals surface area contributed by atoms with Gasteiger partial charge in [0.15, 0.2) is 11.9 Å². The van der Waals surface area contributed by atoms with Gasteiger partial charge >= 0.3 is 5.97 Å². The van der Waals surface area contributed by atoms with Crippen LogP contribution in [0.1, 0.15) is 127 Å². The third-order valence-corrected chi connectivity index (χ3v) is 23.7. The van der Waals surface area contributed by atoms with Crippen LogP contribution in [0.2, 0.25) is 0 Å². The van der Waals surface area contributed by atoms with E-state index in [-0.39, 0.29) is 84.2 Å². The summed E-state index contributed by atoms with van der Waals surface area (Å²) in [6.07, 6.45) is -1.99. The number of thioether (sulfide) groups is 2. The molecule has 134 heavy (non-hydrogen) atoms. The van der Waals surface area contributed by atoms with Crippen molar-refractivity contribution in [1.29, 1.82) is 10.8 Å². The number of aliphatic carboxylic acids is 1. The number of benzene rings is 4.